The van der Waals surface area contributed by atoms with Crippen molar-refractivity contribution in [2.24, 2.45) is 5.84 Å². The smallest absolute Gasteiger partial charge is 0.183 e. The molecule has 0 saturated heterocycles. The number of nitrogens with one attached hydrogen (secondary N) is 2. The van der Waals surface area contributed by atoms with E-state index < -0.39 is 0 Å². The molecule has 1 aromatic heterocycles. The lowest BCUT2D eigenvalue weighted by Gasteiger charge is -2.22. The van der Waals surface area contributed by atoms with Crippen molar-refractivity contribution >= 4 is 28.2 Å². The van der Waals surface area contributed by atoms with Crippen molar-refractivity contribution in [3.63, 3.8) is 0 Å². The van der Waals surface area contributed by atoms with Gasteiger partial charge in [0.15, 0.2) is 5.11 Å². The third kappa shape index (κ3) is 1.85. The second-order valence-electron chi connectivity index (χ2n) is 4.56. The van der Waals surface area contributed by atoms with Crippen molar-refractivity contribution in [1.29, 1.82) is 0 Å². The average Bonchev–Trinajstić information content (AvgIpc) is 2.63. The lowest BCUT2D eigenvalue weighted by Crippen LogP contribution is -2.44. The predicted molar refractivity (Wildman–Crippen MR) is 77.2 cm³/mol. The average molecular weight is 260 g/mol. The van der Waals surface area contributed by atoms with Crippen molar-refractivity contribution < 1.29 is 0 Å². The first-order valence-corrected chi connectivity index (χ1v) is 6.54. The molecular formula is C13H16N4S. The van der Waals surface area contributed by atoms with Crippen LogP contribution in [0.3, 0.4) is 0 Å². The highest BCUT2D eigenvalue weighted by Crippen LogP contribution is 2.25. The van der Waals surface area contributed by atoms with E-state index in [2.05, 4.69) is 39.6 Å². The highest BCUT2D eigenvalue weighted by molar-refractivity contribution is 7.80. The number of rotatable bonds is 0. The number of aromatic nitrogens is 1. The molecule has 5 heteroatoms. The van der Waals surface area contributed by atoms with Gasteiger partial charge >= 0.3 is 0 Å². The van der Waals surface area contributed by atoms with Crippen LogP contribution in [0.25, 0.3) is 10.9 Å². The van der Waals surface area contributed by atoms with Gasteiger partial charge in [0, 0.05) is 36.1 Å². The summed E-state index contributed by atoms with van der Waals surface area (Å²) in [6.07, 6.45) is 1.98. The Morgan fingerprint density at radius 1 is 1.28 bits per heavy atom. The molecule has 2 heterocycles. The summed E-state index contributed by atoms with van der Waals surface area (Å²) in [6.45, 7) is 1.82. The molecule has 4 nitrogen and oxygen atoms in total. The van der Waals surface area contributed by atoms with Crippen LogP contribution >= 0.6 is 12.2 Å². The molecule has 1 aliphatic heterocycles. The number of thiocarbonyl (C=S) groups is 1. The summed E-state index contributed by atoms with van der Waals surface area (Å²) in [4.78, 5) is 5.63. The maximum absolute atomic E-state index is 5.38. The molecule has 1 aliphatic rings. The Morgan fingerprint density at radius 2 is 2.06 bits per heavy atom. The summed E-state index contributed by atoms with van der Waals surface area (Å²) in [5.41, 5.74) is 6.55. The Hall–Kier alpha value is -1.59. The Morgan fingerprint density at radius 3 is 2.89 bits per heavy atom. The van der Waals surface area contributed by atoms with Gasteiger partial charge in [-0.05, 0) is 30.3 Å². The standard InChI is InChI=1S/C13H16N4S/c14-16-13(18)17-7-5-10-9-3-1-2-4-11(9)15-12(10)6-8-17/h1-4,15H,5-8,14H2,(H,16,18). The van der Waals surface area contributed by atoms with Crippen LogP contribution in [0.5, 0.6) is 0 Å². The van der Waals surface area contributed by atoms with Crippen LogP contribution < -0.4 is 11.3 Å². The van der Waals surface area contributed by atoms with Crippen LogP contribution in [0.1, 0.15) is 11.3 Å². The first-order valence-electron chi connectivity index (χ1n) is 6.13. The van der Waals surface area contributed by atoms with E-state index in [1.165, 1.54) is 22.2 Å². The Labute approximate surface area is 111 Å². The zero-order valence-corrected chi connectivity index (χ0v) is 10.9. The molecule has 0 spiro atoms. The molecule has 1 aromatic carbocycles. The summed E-state index contributed by atoms with van der Waals surface area (Å²) in [5.74, 6) is 5.38. The number of para-hydroxylation sites is 1. The summed E-state index contributed by atoms with van der Waals surface area (Å²) in [5, 5.41) is 1.96. The lowest BCUT2D eigenvalue weighted by molar-refractivity contribution is 0.431. The molecule has 3 rings (SSSR count). The van der Waals surface area contributed by atoms with E-state index in [-0.39, 0.29) is 0 Å². The van der Waals surface area contributed by atoms with E-state index in [0.717, 1.165) is 25.9 Å². The fraction of sp³-hybridized carbons (Fsp3) is 0.308. The van der Waals surface area contributed by atoms with Crippen LogP contribution in [0.15, 0.2) is 24.3 Å². The van der Waals surface area contributed by atoms with Crippen molar-refractivity contribution in [2.45, 2.75) is 12.8 Å². The molecule has 4 N–H and O–H groups in total. The topological polar surface area (TPSA) is 57.1 Å². The SMILES string of the molecule is NNC(=S)N1CCc2[nH]c3ccccc3c2CC1. The van der Waals surface area contributed by atoms with Gasteiger partial charge in [0.25, 0.3) is 0 Å². The molecule has 0 radical (unpaired) electrons. The van der Waals surface area contributed by atoms with E-state index in [9.17, 15) is 0 Å². The number of nitrogens with two attached hydrogens (primary N) is 1. The molecule has 94 valence electrons. The number of fused-ring (bicyclic) bond motifs is 3. The van der Waals surface area contributed by atoms with Gasteiger partial charge in [-0.1, -0.05) is 18.2 Å². The molecule has 0 saturated carbocycles. The number of hydrogen-bond acceptors (Lipinski definition) is 2. The molecule has 0 aliphatic carbocycles. The van der Waals surface area contributed by atoms with Crippen molar-refractivity contribution in [2.75, 3.05) is 13.1 Å². The van der Waals surface area contributed by atoms with E-state index in [0.29, 0.717) is 5.11 Å². The molecule has 0 unspecified atom stereocenters. The lowest BCUT2D eigenvalue weighted by atomic mass is 10.1. The second kappa shape index (κ2) is 4.59. The second-order valence-corrected chi connectivity index (χ2v) is 4.95. The van der Waals surface area contributed by atoms with E-state index in [1.807, 2.05) is 0 Å². The van der Waals surface area contributed by atoms with Gasteiger partial charge in [-0.2, -0.15) is 0 Å². The predicted octanol–water partition coefficient (Wildman–Crippen LogP) is 1.32. The van der Waals surface area contributed by atoms with Gasteiger partial charge < -0.3 is 15.3 Å². The monoisotopic (exact) mass is 260 g/mol. The fourth-order valence-corrected chi connectivity index (χ4v) is 2.84. The summed E-state index contributed by atoms with van der Waals surface area (Å²) in [6, 6.07) is 8.47. The quantitative estimate of drug-likeness (QED) is 0.380. The van der Waals surface area contributed by atoms with Crippen molar-refractivity contribution in [1.82, 2.24) is 15.3 Å². The summed E-state index contributed by atoms with van der Waals surface area (Å²) >= 11 is 5.20. The fourth-order valence-electron chi connectivity index (χ4n) is 2.65. The van der Waals surface area contributed by atoms with Crippen LogP contribution in [0.4, 0.5) is 0 Å². The molecular weight excluding hydrogens is 244 g/mol. The minimum Gasteiger partial charge on any atom is -0.358 e. The normalized spacial score (nSPS) is 15.3. The highest BCUT2D eigenvalue weighted by atomic mass is 32.1. The van der Waals surface area contributed by atoms with E-state index in [4.69, 9.17) is 18.1 Å². The van der Waals surface area contributed by atoms with Gasteiger partial charge in [-0.3, -0.25) is 0 Å². The zero-order chi connectivity index (χ0) is 12.5. The van der Waals surface area contributed by atoms with E-state index in [1.54, 1.807) is 0 Å². The molecule has 0 fully saturated rings. The Bertz CT molecular complexity index is 590. The van der Waals surface area contributed by atoms with Crippen LogP contribution in [-0.4, -0.2) is 28.1 Å². The van der Waals surface area contributed by atoms with Crippen molar-refractivity contribution in [3.8, 4) is 0 Å². The maximum atomic E-state index is 5.38. The molecule has 0 atom stereocenters. The number of hydrazine groups is 1. The number of aromatic amines is 1. The van der Waals surface area contributed by atoms with Gasteiger partial charge in [-0.25, -0.2) is 5.84 Å². The Balaban J connectivity index is 1.93. The first-order chi connectivity index (χ1) is 8.79. The van der Waals surface area contributed by atoms with Gasteiger partial charge in [-0.15, -0.1) is 0 Å². The number of hydrogen-bond donors (Lipinski definition) is 3. The number of benzene rings is 1. The maximum Gasteiger partial charge on any atom is 0.183 e. The van der Waals surface area contributed by atoms with Crippen LogP contribution in [-0.2, 0) is 12.8 Å². The van der Waals surface area contributed by atoms with E-state index >= 15 is 0 Å². The molecule has 0 bridgehead atoms. The first kappa shape index (κ1) is 11.5. The number of H-pyrrole nitrogens is 1. The summed E-state index contributed by atoms with van der Waals surface area (Å²) in [7, 11) is 0. The zero-order valence-electron chi connectivity index (χ0n) is 10.1. The molecule has 2 aromatic rings. The van der Waals surface area contributed by atoms with Gasteiger partial charge in [0.1, 0.15) is 0 Å². The van der Waals surface area contributed by atoms with Gasteiger partial charge in [0.05, 0.1) is 0 Å². The minimum atomic E-state index is 0.629. The van der Waals surface area contributed by atoms with Crippen molar-refractivity contribution in [3.05, 3.63) is 35.5 Å². The highest BCUT2D eigenvalue weighted by Gasteiger charge is 2.18. The van der Waals surface area contributed by atoms with Crippen LogP contribution in [0, 0.1) is 0 Å². The summed E-state index contributed by atoms with van der Waals surface area (Å²) < 4.78 is 0. The van der Waals surface area contributed by atoms with Gasteiger partial charge in [0.2, 0.25) is 0 Å². The largest absolute Gasteiger partial charge is 0.358 e. The number of nitrogens with zero attached hydrogens (tertiary/aromatic N) is 1. The Kier molecular flexibility index (Phi) is 2.93. The molecule has 0 amide bonds. The third-order valence-corrected chi connectivity index (χ3v) is 3.95. The third-order valence-electron chi connectivity index (χ3n) is 3.58. The molecule has 18 heavy (non-hydrogen) atoms. The minimum absolute atomic E-state index is 0.629. The van der Waals surface area contributed by atoms with Crippen LogP contribution in [0.2, 0.25) is 0 Å².